The molecule has 0 atom stereocenters. The standard InChI is InChI=1S/C14H17NO3/c1-10-4-3-5-11(8-10)9-15-12(16)14(6-7-14)13(17)18-2/h3-5,8H,6-7,9H2,1-2H3,(H,15,16). The lowest BCUT2D eigenvalue weighted by Crippen LogP contribution is -2.37. The van der Waals surface area contributed by atoms with Crippen molar-refractivity contribution >= 4 is 11.9 Å². The number of hydrogen-bond acceptors (Lipinski definition) is 3. The van der Waals surface area contributed by atoms with Crippen molar-refractivity contribution < 1.29 is 14.3 Å². The van der Waals surface area contributed by atoms with Gasteiger partial charge >= 0.3 is 5.97 Å². The number of nitrogens with one attached hydrogen (secondary N) is 1. The summed E-state index contributed by atoms with van der Waals surface area (Å²) in [6.07, 6.45) is 1.17. The van der Waals surface area contributed by atoms with Crippen molar-refractivity contribution in [2.24, 2.45) is 5.41 Å². The second-order valence-corrected chi connectivity index (χ2v) is 4.75. The van der Waals surface area contributed by atoms with Gasteiger partial charge in [0.05, 0.1) is 7.11 Å². The predicted octanol–water partition coefficient (Wildman–Crippen LogP) is 1.56. The van der Waals surface area contributed by atoms with E-state index in [1.165, 1.54) is 7.11 Å². The Bertz CT molecular complexity index is 478. The van der Waals surface area contributed by atoms with Crippen LogP contribution in [0.15, 0.2) is 24.3 Å². The Hall–Kier alpha value is -1.84. The summed E-state index contributed by atoms with van der Waals surface area (Å²) in [5, 5.41) is 2.80. The molecule has 0 bridgehead atoms. The number of hydrogen-bond donors (Lipinski definition) is 1. The number of benzene rings is 1. The molecular weight excluding hydrogens is 230 g/mol. The van der Waals surface area contributed by atoms with Crippen LogP contribution in [0.3, 0.4) is 0 Å². The Balaban J connectivity index is 1.95. The van der Waals surface area contributed by atoms with E-state index in [1.54, 1.807) is 0 Å². The van der Waals surface area contributed by atoms with Gasteiger partial charge in [-0.15, -0.1) is 0 Å². The van der Waals surface area contributed by atoms with Crippen molar-refractivity contribution in [1.29, 1.82) is 0 Å². The lowest BCUT2D eigenvalue weighted by atomic mass is 10.1. The Labute approximate surface area is 106 Å². The van der Waals surface area contributed by atoms with Crippen LogP contribution in [-0.4, -0.2) is 19.0 Å². The minimum atomic E-state index is -0.918. The molecule has 2 rings (SSSR count). The van der Waals surface area contributed by atoms with Gasteiger partial charge in [-0.3, -0.25) is 9.59 Å². The summed E-state index contributed by atoms with van der Waals surface area (Å²) in [5.74, 6) is -0.653. The minimum Gasteiger partial charge on any atom is -0.468 e. The van der Waals surface area contributed by atoms with Crippen LogP contribution in [0.25, 0.3) is 0 Å². The molecule has 1 aromatic rings. The fourth-order valence-electron chi connectivity index (χ4n) is 2.02. The summed E-state index contributed by atoms with van der Waals surface area (Å²) >= 11 is 0. The quantitative estimate of drug-likeness (QED) is 0.649. The first-order chi connectivity index (χ1) is 8.58. The summed E-state index contributed by atoms with van der Waals surface area (Å²) in [6, 6.07) is 7.91. The van der Waals surface area contributed by atoms with E-state index in [-0.39, 0.29) is 5.91 Å². The van der Waals surface area contributed by atoms with Gasteiger partial charge in [0.15, 0.2) is 0 Å². The average Bonchev–Trinajstić information content (AvgIpc) is 3.16. The Morgan fingerprint density at radius 2 is 2.11 bits per heavy atom. The van der Waals surface area contributed by atoms with Crippen LogP contribution in [0.4, 0.5) is 0 Å². The zero-order chi connectivity index (χ0) is 13.2. The molecule has 0 heterocycles. The highest BCUT2D eigenvalue weighted by Crippen LogP contribution is 2.46. The van der Waals surface area contributed by atoms with Crippen molar-refractivity contribution in [3.05, 3.63) is 35.4 Å². The molecule has 1 saturated carbocycles. The van der Waals surface area contributed by atoms with Crippen LogP contribution < -0.4 is 5.32 Å². The second-order valence-electron chi connectivity index (χ2n) is 4.75. The van der Waals surface area contributed by atoms with E-state index in [0.29, 0.717) is 19.4 Å². The molecule has 0 aromatic heterocycles. The largest absolute Gasteiger partial charge is 0.468 e. The third-order valence-corrected chi connectivity index (χ3v) is 3.30. The third-order valence-electron chi connectivity index (χ3n) is 3.30. The van der Waals surface area contributed by atoms with Gasteiger partial charge in [0.2, 0.25) is 5.91 Å². The molecule has 1 aromatic carbocycles. The third kappa shape index (κ3) is 2.37. The van der Waals surface area contributed by atoms with Gasteiger partial charge in [-0.2, -0.15) is 0 Å². The first-order valence-corrected chi connectivity index (χ1v) is 6.01. The summed E-state index contributed by atoms with van der Waals surface area (Å²) in [6.45, 7) is 2.45. The number of methoxy groups -OCH3 is 1. The SMILES string of the molecule is COC(=O)C1(C(=O)NCc2cccc(C)c2)CC1. The van der Waals surface area contributed by atoms with E-state index in [9.17, 15) is 9.59 Å². The highest BCUT2D eigenvalue weighted by Gasteiger charge is 2.57. The smallest absolute Gasteiger partial charge is 0.321 e. The van der Waals surface area contributed by atoms with Gasteiger partial charge in [0, 0.05) is 6.54 Å². The summed E-state index contributed by atoms with van der Waals surface area (Å²) in [5.41, 5.74) is 1.26. The number of rotatable bonds is 4. The maximum atomic E-state index is 12.0. The molecule has 1 fully saturated rings. The topological polar surface area (TPSA) is 55.4 Å². The molecule has 18 heavy (non-hydrogen) atoms. The van der Waals surface area contributed by atoms with Crippen molar-refractivity contribution in [1.82, 2.24) is 5.32 Å². The van der Waals surface area contributed by atoms with E-state index >= 15 is 0 Å². The molecule has 1 aliphatic rings. The number of ether oxygens (including phenoxy) is 1. The Morgan fingerprint density at radius 3 is 2.67 bits per heavy atom. The van der Waals surface area contributed by atoms with E-state index < -0.39 is 11.4 Å². The van der Waals surface area contributed by atoms with E-state index in [4.69, 9.17) is 0 Å². The molecule has 0 aliphatic heterocycles. The number of carbonyl (C=O) groups is 2. The van der Waals surface area contributed by atoms with Gasteiger partial charge in [0.1, 0.15) is 5.41 Å². The van der Waals surface area contributed by atoms with Gasteiger partial charge < -0.3 is 10.1 Å². The lowest BCUT2D eigenvalue weighted by molar-refractivity contribution is -0.152. The van der Waals surface area contributed by atoms with Crippen LogP contribution in [0.2, 0.25) is 0 Å². The maximum Gasteiger partial charge on any atom is 0.321 e. The molecule has 1 amide bonds. The van der Waals surface area contributed by atoms with Crippen molar-refractivity contribution in [3.63, 3.8) is 0 Å². The number of carbonyl (C=O) groups excluding carboxylic acids is 2. The van der Waals surface area contributed by atoms with Crippen LogP contribution in [-0.2, 0) is 20.9 Å². The maximum absolute atomic E-state index is 12.0. The molecule has 0 radical (unpaired) electrons. The van der Waals surface area contributed by atoms with E-state index in [0.717, 1.165) is 11.1 Å². The normalized spacial score (nSPS) is 15.9. The lowest BCUT2D eigenvalue weighted by Gasteiger charge is -2.13. The average molecular weight is 247 g/mol. The van der Waals surface area contributed by atoms with Crippen LogP contribution in [0, 0.1) is 12.3 Å². The van der Waals surface area contributed by atoms with Crippen LogP contribution >= 0.6 is 0 Å². The van der Waals surface area contributed by atoms with Crippen molar-refractivity contribution in [3.8, 4) is 0 Å². The fourth-order valence-corrected chi connectivity index (χ4v) is 2.02. The first kappa shape index (κ1) is 12.6. The fraction of sp³-hybridized carbons (Fsp3) is 0.429. The van der Waals surface area contributed by atoms with Crippen LogP contribution in [0.5, 0.6) is 0 Å². The van der Waals surface area contributed by atoms with Crippen LogP contribution in [0.1, 0.15) is 24.0 Å². The van der Waals surface area contributed by atoms with Gasteiger partial charge in [-0.1, -0.05) is 29.8 Å². The predicted molar refractivity (Wildman–Crippen MR) is 66.7 cm³/mol. The molecule has 0 unspecified atom stereocenters. The highest BCUT2D eigenvalue weighted by molar-refractivity contribution is 6.05. The molecule has 0 spiro atoms. The first-order valence-electron chi connectivity index (χ1n) is 6.01. The molecule has 0 saturated heterocycles. The molecule has 1 aliphatic carbocycles. The summed E-state index contributed by atoms with van der Waals surface area (Å²) in [7, 11) is 1.32. The van der Waals surface area contributed by atoms with Gasteiger partial charge in [-0.05, 0) is 25.3 Å². The zero-order valence-corrected chi connectivity index (χ0v) is 10.7. The molecular formula is C14H17NO3. The molecule has 1 N–H and O–H groups in total. The minimum absolute atomic E-state index is 0.226. The Kier molecular flexibility index (Phi) is 3.36. The number of amides is 1. The summed E-state index contributed by atoms with van der Waals surface area (Å²) < 4.78 is 4.67. The van der Waals surface area contributed by atoms with Gasteiger partial charge in [-0.25, -0.2) is 0 Å². The Morgan fingerprint density at radius 1 is 1.39 bits per heavy atom. The molecule has 4 heteroatoms. The van der Waals surface area contributed by atoms with E-state index in [1.807, 2.05) is 31.2 Å². The number of esters is 1. The van der Waals surface area contributed by atoms with E-state index in [2.05, 4.69) is 10.1 Å². The highest BCUT2D eigenvalue weighted by atomic mass is 16.5. The monoisotopic (exact) mass is 247 g/mol. The molecule has 4 nitrogen and oxygen atoms in total. The van der Waals surface area contributed by atoms with Gasteiger partial charge in [0.25, 0.3) is 0 Å². The summed E-state index contributed by atoms with van der Waals surface area (Å²) in [4.78, 5) is 23.5. The van der Waals surface area contributed by atoms with Crippen molar-refractivity contribution in [2.45, 2.75) is 26.3 Å². The zero-order valence-electron chi connectivity index (χ0n) is 10.7. The van der Waals surface area contributed by atoms with Crippen molar-refractivity contribution in [2.75, 3.05) is 7.11 Å². The second kappa shape index (κ2) is 4.80. The molecule has 96 valence electrons. The number of aryl methyl sites for hydroxylation is 1.